The van der Waals surface area contributed by atoms with Crippen molar-refractivity contribution in [1.82, 2.24) is 13.9 Å². The molecule has 1 aliphatic rings. The van der Waals surface area contributed by atoms with Gasteiger partial charge in [-0.15, -0.1) is 0 Å². The summed E-state index contributed by atoms with van der Waals surface area (Å²) in [4.78, 5) is 12.0. The van der Waals surface area contributed by atoms with Gasteiger partial charge in [-0.25, -0.2) is 4.39 Å². The number of carbonyl (C=O) groups excluding carboxylic acids is 1. The summed E-state index contributed by atoms with van der Waals surface area (Å²) in [7, 11) is -0.352. The van der Waals surface area contributed by atoms with Crippen LogP contribution in [0.3, 0.4) is 0 Å². The lowest BCUT2D eigenvalue weighted by Crippen LogP contribution is -2.45. The SMILES string of the molecule is CN(C)S(=O)(=O)N1CCC[C@@H](CCC(=O)NCc2ccccc2F)C1. The van der Waals surface area contributed by atoms with Gasteiger partial charge in [0.2, 0.25) is 5.91 Å². The molecule has 1 aromatic rings. The van der Waals surface area contributed by atoms with Crippen LogP contribution in [0.5, 0.6) is 0 Å². The van der Waals surface area contributed by atoms with E-state index in [1.54, 1.807) is 18.2 Å². The molecule has 1 aliphatic heterocycles. The third-order valence-corrected chi connectivity index (χ3v) is 6.39. The molecule has 1 N–H and O–H groups in total. The Hall–Kier alpha value is -1.51. The van der Waals surface area contributed by atoms with Crippen LogP contribution in [0.25, 0.3) is 0 Å². The van der Waals surface area contributed by atoms with Crippen molar-refractivity contribution >= 4 is 16.1 Å². The molecule has 0 radical (unpaired) electrons. The summed E-state index contributed by atoms with van der Waals surface area (Å²) in [5, 5.41) is 2.72. The van der Waals surface area contributed by atoms with Gasteiger partial charge in [0.25, 0.3) is 10.2 Å². The zero-order valence-corrected chi connectivity index (χ0v) is 15.6. The topological polar surface area (TPSA) is 69.7 Å². The van der Waals surface area contributed by atoms with E-state index in [9.17, 15) is 17.6 Å². The average Bonchev–Trinajstić information content (AvgIpc) is 2.59. The number of piperidine rings is 1. The van der Waals surface area contributed by atoms with Crippen LogP contribution in [-0.4, -0.2) is 50.1 Å². The fraction of sp³-hybridized carbons (Fsp3) is 0.588. The number of hydrogen-bond acceptors (Lipinski definition) is 3. The molecular weight excluding hydrogens is 345 g/mol. The molecule has 140 valence electrons. The Morgan fingerprint density at radius 1 is 1.36 bits per heavy atom. The smallest absolute Gasteiger partial charge is 0.281 e. The average molecular weight is 371 g/mol. The lowest BCUT2D eigenvalue weighted by atomic mass is 9.94. The van der Waals surface area contributed by atoms with Gasteiger partial charge in [0.15, 0.2) is 0 Å². The van der Waals surface area contributed by atoms with Crippen LogP contribution in [0, 0.1) is 11.7 Å². The highest BCUT2D eigenvalue weighted by Crippen LogP contribution is 2.23. The van der Waals surface area contributed by atoms with Crippen LogP contribution in [0.2, 0.25) is 0 Å². The van der Waals surface area contributed by atoms with Crippen molar-refractivity contribution in [1.29, 1.82) is 0 Å². The molecule has 1 saturated heterocycles. The zero-order chi connectivity index (χ0) is 18.4. The van der Waals surface area contributed by atoms with E-state index in [2.05, 4.69) is 5.32 Å². The van der Waals surface area contributed by atoms with Crippen LogP contribution < -0.4 is 5.32 Å². The van der Waals surface area contributed by atoms with Crippen LogP contribution in [0.1, 0.15) is 31.2 Å². The minimum Gasteiger partial charge on any atom is -0.352 e. The molecule has 1 heterocycles. The van der Waals surface area contributed by atoms with E-state index >= 15 is 0 Å². The van der Waals surface area contributed by atoms with E-state index in [1.165, 1.54) is 28.8 Å². The number of nitrogens with zero attached hydrogens (tertiary/aromatic N) is 2. The standard InChI is InChI=1S/C17H26FN3O3S/c1-20(2)25(23,24)21-11-5-6-14(13-21)9-10-17(22)19-12-15-7-3-4-8-16(15)18/h3-4,7-8,14H,5-6,9-13H2,1-2H3,(H,19,22)/t14-/m0/s1. The van der Waals surface area contributed by atoms with Crippen molar-refractivity contribution in [3.63, 3.8) is 0 Å². The largest absolute Gasteiger partial charge is 0.352 e. The van der Waals surface area contributed by atoms with E-state index in [-0.39, 0.29) is 24.2 Å². The van der Waals surface area contributed by atoms with E-state index in [0.29, 0.717) is 31.5 Å². The number of hydrogen-bond donors (Lipinski definition) is 1. The Kier molecular flexibility index (Phi) is 6.92. The first-order valence-corrected chi connectivity index (χ1v) is 9.88. The van der Waals surface area contributed by atoms with E-state index in [1.807, 2.05) is 0 Å². The molecule has 25 heavy (non-hydrogen) atoms. The molecule has 6 nitrogen and oxygen atoms in total. The quantitative estimate of drug-likeness (QED) is 0.794. The van der Waals surface area contributed by atoms with Crippen molar-refractivity contribution in [3.05, 3.63) is 35.6 Å². The summed E-state index contributed by atoms with van der Waals surface area (Å²) in [5.41, 5.74) is 0.455. The van der Waals surface area contributed by atoms with Crippen molar-refractivity contribution in [2.75, 3.05) is 27.2 Å². The highest BCUT2D eigenvalue weighted by molar-refractivity contribution is 7.86. The first kappa shape index (κ1) is 19.8. The second-order valence-corrected chi connectivity index (χ2v) is 8.71. The minimum atomic E-state index is -3.40. The number of amides is 1. The lowest BCUT2D eigenvalue weighted by Gasteiger charge is -2.33. The summed E-state index contributed by atoms with van der Waals surface area (Å²) in [6.45, 7) is 1.13. The summed E-state index contributed by atoms with van der Waals surface area (Å²) >= 11 is 0. The lowest BCUT2D eigenvalue weighted by molar-refractivity contribution is -0.121. The zero-order valence-electron chi connectivity index (χ0n) is 14.7. The number of halogens is 1. The van der Waals surface area contributed by atoms with Gasteiger partial charge in [-0.05, 0) is 31.2 Å². The van der Waals surface area contributed by atoms with E-state index in [0.717, 1.165) is 12.8 Å². The number of carbonyl (C=O) groups is 1. The number of rotatable bonds is 7. The number of benzene rings is 1. The highest BCUT2D eigenvalue weighted by atomic mass is 32.2. The van der Waals surface area contributed by atoms with Gasteiger partial charge in [0.05, 0.1) is 0 Å². The van der Waals surface area contributed by atoms with Crippen LogP contribution in [-0.2, 0) is 21.5 Å². The van der Waals surface area contributed by atoms with Crippen LogP contribution in [0.4, 0.5) is 4.39 Å². The van der Waals surface area contributed by atoms with E-state index < -0.39 is 10.2 Å². The van der Waals surface area contributed by atoms with Crippen molar-refractivity contribution in [2.24, 2.45) is 5.92 Å². The van der Waals surface area contributed by atoms with Crippen LogP contribution in [0.15, 0.2) is 24.3 Å². The molecule has 2 rings (SSSR count). The maximum Gasteiger partial charge on any atom is 0.281 e. The van der Waals surface area contributed by atoms with Crippen LogP contribution >= 0.6 is 0 Å². The maximum absolute atomic E-state index is 13.5. The molecule has 1 fully saturated rings. The molecular formula is C17H26FN3O3S. The molecule has 1 aromatic carbocycles. The van der Waals surface area contributed by atoms with Gasteiger partial charge in [-0.2, -0.15) is 17.0 Å². The maximum atomic E-state index is 13.5. The van der Waals surface area contributed by atoms with Gasteiger partial charge >= 0.3 is 0 Å². The Balaban J connectivity index is 1.79. The summed E-state index contributed by atoms with van der Waals surface area (Å²) in [6.07, 6.45) is 2.66. The van der Waals surface area contributed by atoms with Crippen molar-refractivity contribution in [3.8, 4) is 0 Å². The van der Waals surface area contributed by atoms with Gasteiger partial charge in [-0.3, -0.25) is 4.79 Å². The van der Waals surface area contributed by atoms with E-state index in [4.69, 9.17) is 0 Å². The molecule has 0 spiro atoms. The molecule has 0 bridgehead atoms. The Morgan fingerprint density at radius 3 is 2.76 bits per heavy atom. The molecule has 0 unspecified atom stereocenters. The Labute approximate surface area is 149 Å². The molecule has 1 amide bonds. The van der Waals surface area contributed by atoms with Gasteiger partial charge < -0.3 is 5.32 Å². The van der Waals surface area contributed by atoms with Gasteiger partial charge in [0.1, 0.15) is 5.82 Å². The highest BCUT2D eigenvalue weighted by Gasteiger charge is 2.30. The Morgan fingerprint density at radius 2 is 2.08 bits per heavy atom. The predicted octanol–water partition coefficient (Wildman–Crippen LogP) is 1.74. The fourth-order valence-corrected chi connectivity index (χ4v) is 4.18. The molecule has 1 atom stereocenters. The third kappa shape index (κ3) is 5.49. The number of nitrogens with one attached hydrogen (secondary N) is 1. The minimum absolute atomic E-state index is 0.143. The fourth-order valence-electron chi connectivity index (χ4n) is 2.96. The first-order valence-electron chi connectivity index (χ1n) is 8.48. The third-order valence-electron chi connectivity index (χ3n) is 4.48. The first-order chi connectivity index (χ1) is 11.8. The van der Waals surface area contributed by atoms with Gasteiger partial charge in [0, 0.05) is 45.7 Å². The monoisotopic (exact) mass is 371 g/mol. The molecule has 0 saturated carbocycles. The molecule has 0 aliphatic carbocycles. The molecule has 8 heteroatoms. The summed E-state index contributed by atoms with van der Waals surface area (Å²) < 4.78 is 40.6. The van der Waals surface area contributed by atoms with Crippen molar-refractivity contribution < 1.29 is 17.6 Å². The Bertz CT molecular complexity index is 694. The summed E-state index contributed by atoms with van der Waals surface area (Å²) in [5.74, 6) is -0.307. The second-order valence-electron chi connectivity index (χ2n) is 6.56. The van der Waals surface area contributed by atoms with Crippen molar-refractivity contribution in [2.45, 2.75) is 32.2 Å². The second kappa shape index (κ2) is 8.73. The molecule has 0 aromatic heterocycles. The summed E-state index contributed by atoms with van der Waals surface area (Å²) in [6, 6.07) is 6.34. The predicted molar refractivity (Wildman–Crippen MR) is 94.4 cm³/mol. The normalized spacial score (nSPS) is 19.1. The van der Waals surface area contributed by atoms with Gasteiger partial charge in [-0.1, -0.05) is 18.2 Å².